The molecule has 1 saturated carbocycles. The first kappa shape index (κ1) is 11.8. The second-order valence-corrected chi connectivity index (χ2v) is 4.61. The van der Waals surface area contributed by atoms with Crippen molar-refractivity contribution in [2.45, 2.75) is 25.7 Å². The third-order valence-corrected chi connectivity index (χ3v) is 3.20. The first-order chi connectivity index (χ1) is 8.15. The third kappa shape index (κ3) is 3.12. The van der Waals surface area contributed by atoms with Gasteiger partial charge in [0.25, 0.3) is 0 Å². The van der Waals surface area contributed by atoms with E-state index in [1.54, 1.807) is 18.2 Å². The van der Waals surface area contributed by atoms with Crippen LogP contribution < -0.4 is 11.5 Å². The molecule has 1 aliphatic carbocycles. The molecular formula is C13H18N2O2. The molecule has 0 aromatic heterocycles. The summed E-state index contributed by atoms with van der Waals surface area (Å²) in [6.45, 7) is 0.484. The van der Waals surface area contributed by atoms with E-state index in [4.69, 9.17) is 16.2 Å². The van der Waals surface area contributed by atoms with Crippen LogP contribution in [0.15, 0.2) is 18.2 Å². The Bertz CT molecular complexity index is 394. The summed E-state index contributed by atoms with van der Waals surface area (Å²) in [7, 11) is 0. The highest BCUT2D eigenvalue weighted by molar-refractivity contribution is 5.91. The fourth-order valence-electron chi connectivity index (χ4n) is 1.98. The number of hydrogen-bond acceptors (Lipinski definition) is 4. The molecule has 1 aliphatic rings. The zero-order chi connectivity index (χ0) is 12.3. The van der Waals surface area contributed by atoms with Gasteiger partial charge in [-0.3, -0.25) is 0 Å². The molecule has 4 N–H and O–H groups in total. The molecule has 1 aromatic carbocycles. The molecule has 17 heavy (non-hydrogen) atoms. The van der Waals surface area contributed by atoms with E-state index in [0.29, 0.717) is 23.5 Å². The van der Waals surface area contributed by atoms with Crippen LogP contribution in [-0.2, 0) is 4.74 Å². The lowest BCUT2D eigenvalue weighted by atomic mass is 9.83. The van der Waals surface area contributed by atoms with Gasteiger partial charge in [-0.2, -0.15) is 0 Å². The number of benzene rings is 1. The SMILES string of the molecule is Nc1cc(N)cc(C(=O)OCCC2CCC2)c1. The molecule has 2 rings (SSSR count). The predicted molar refractivity (Wildman–Crippen MR) is 67.5 cm³/mol. The molecule has 0 bridgehead atoms. The van der Waals surface area contributed by atoms with Gasteiger partial charge < -0.3 is 16.2 Å². The fraction of sp³-hybridized carbons (Fsp3) is 0.462. The van der Waals surface area contributed by atoms with Crippen LogP contribution >= 0.6 is 0 Å². The first-order valence-corrected chi connectivity index (χ1v) is 5.98. The number of carbonyl (C=O) groups is 1. The average molecular weight is 234 g/mol. The van der Waals surface area contributed by atoms with Gasteiger partial charge in [0.15, 0.2) is 0 Å². The summed E-state index contributed by atoms with van der Waals surface area (Å²) in [5.41, 5.74) is 12.6. The van der Waals surface area contributed by atoms with Crippen molar-refractivity contribution in [3.63, 3.8) is 0 Å². The minimum Gasteiger partial charge on any atom is -0.462 e. The normalized spacial score (nSPS) is 15.3. The molecule has 0 unspecified atom stereocenters. The molecule has 0 heterocycles. The zero-order valence-electron chi connectivity index (χ0n) is 9.82. The van der Waals surface area contributed by atoms with Crippen molar-refractivity contribution in [2.24, 2.45) is 5.92 Å². The van der Waals surface area contributed by atoms with Crippen molar-refractivity contribution in [3.8, 4) is 0 Å². The highest BCUT2D eigenvalue weighted by Gasteiger charge is 2.17. The van der Waals surface area contributed by atoms with Crippen LogP contribution in [0, 0.1) is 5.92 Å². The van der Waals surface area contributed by atoms with E-state index in [1.807, 2.05) is 0 Å². The van der Waals surface area contributed by atoms with Crippen LogP contribution in [0.3, 0.4) is 0 Å². The second kappa shape index (κ2) is 5.08. The predicted octanol–water partition coefficient (Wildman–Crippen LogP) is 2.20. The summed E-state index contributed by atoms with van der Waals surface area (Å²) in [5.74, 6) is 0.400. The highest BCUT2D eigenvalue weighted by Crippen LogP contribution is 2.29. The number of anilines is 2. The van der Waals surface area contributed by atoms with E-state index in [0.717, 1.165) is 12.3 Å². The molecule has 4 heteroatoms. The van der Waals surface area contributed by atoms with Gasteiger partial charge in [0.05, 0.1) is 12.2 Å². The largest absolute Gasteiger partial charge is 0.462 e. The lowest BCUT2D eigenvalue weighted by Gasteiger charge is -2.24. The zero-order valence-corrected chi connectivity index (χ0v) is 9.82. The van der Waals surface area contributed by atoms with Crippen molar-refractivity contribution in [3.05, 3.63) is 23.8 Å². The standard InChI is InChI=1S/C13H18N2O2/c14-11-6-10(7-12(15)8-11)13(16)17-5-4-9-2-1-3-9/h6-9H,1-5,14-15H2. The maximum atomic E-state index is 11.7. The molecule has 1 fully saturated rings. The monoisotopic (exact) mass is 234 g/mol. The molecule has 92 valence electrons. The van der Waals surface area contributed by atoms with Gasteiger partial charge in [-0.15, -0.1) is 0 Å². The molecular weight excluding hydrogens is 216 g/mol. The Morgan fingerprint density at radius 3 is 2.41 bits per heavy atom. The minimum absolute atomic E-state index is 0.344. The van der Waals surface area contributed by atoms with E-state index in [2.05, 4.69) is 0 Å². The van der Waals surface area contributed by atoms with Crippen LogP contribution in [0.1, 0.15) is 36.0 Å². The Morgan fingerprint density at radius 2 is 1.88 bits per heavy atom. The van der Waals surface area contributed by atoms with Crippen molar-refractivity contribution in [1.29, 1.82) is 0 Å². The lowest BCUT2D eigenvalue weighted by Crippen LogP contribution is -2.15. The average Bonchev–Trinajstić information content (AvgIpc) is 2.20. The van der Waals surface area contributed by atoms with Crippen molar-refractivity contribution in [1.82, 2.24) is 0 Å². The first-order valence-electron chi connectivity index (χ1n) is 5.98. The smallest absolute Gasteiger partial charge is 0.338 e. The van der Waals surface area contributed by atoms with Crippen molar-refractivity contribution < 1.29 is 9.53 Å². The van der Waals surface area contributed by atoms with E-state index < -0.39 is 0 Å². The Morgan fingerprint density at radius 1 is 1.24 bits per heavy atom. The van der Waals surface area contributed by atoms with Gasteiger partial charge in [0.1, 0.15) is 0 Å². The maximum Gasteiger partial charge on any atom is 0.338 e. The van der Waals surface area contributed by atoms with Crippen molar-refractivity contribution >= 4 is 17.3 Å². The number of nitrogen functional groups attached to an aromatic ring is 2. The summed E-state index contributed by atoms with van der Waals surface area (Å²) < 4.78 is 5.19. The third-order valence-electron chi connectivity index (χ3n) is 3.20. The van der Waals surface area contributed by atoms with Crippen LogP contribution in [0.4, 0.5) is 11.4 Å². The van der Waals surface area contributed by atoms with Crippen molar-refractivity contribution in [2.75, 3.05) is 18.1 Å². The molecule has 0 spiro atoms. The summed E-state index contributed by atoms with van der Waals surface area (Å²) in [6, 6.07) is 4.79. The summed E-state index contributed by atoms with van der Waals surface area (Å²) >= 11 is 0. The minimum atomic E-state index is -0.344. The van der Waals surface area contributed by atoms with Crippen LogP contribution in [0.2, 0.25) is 0 Å². The van der Waals surface area contributed by atoms with E-state index in [-0.39, 0.29) is 5.97 Å². The number of hydrogen-bond donors (Lipinski definition) is 2. The maximum absolute atomic E-state index is 11.7. The highest BCUT2D eigenvalue weighted by atomic mass is 16.5. The van der Waals surface area contributed by atoms with E-state index in [1.165, 1.54) is 19.3 Å². The molecule has 4 nitrogen and oxygen atoms in total. The fourth-order valence-corrected chi connectivity index (χ4v) is 1.98. The Hall–Kier alpha value is -1.71. The van der Waals surface area contributed by atoms with E-state index in [9.17, 15) is 4.79 Å². The van der Waals surface area contributed by atoms with Crippen LogP contribution in [0.5, 0.6) is 0 Å². The molecule has 0 saturated heterocycles. The molecule has 0 aliphatic heterocycles. The van der Waals surface area contributed by atoms with Crippen LogP contribution in [0.25, 0.3) is 0 Å². The molecule has 0 atom stereocenters. The van der Waals surface area contributed by atoms with Gasteiger partial charge >= 0.3 is 5.97 Å². The summed E-state index contributed by atoms with van der Waals surface area (Å²) in [5, 5.41) is 0. The van der Waals surface area contributed by atoms with E-state index >= 15 is 0 Å². The second-order valence-electron chi connectivity index (χ2n) is 4.61. The number of nitrogens with two attached hydrogens (primary N) is 2. The summed E-state index contributed by atoms with van der Waals surface area (Å²) in [6.07, 6.45) is 4.81. The molecule has 1 aromatic rings. The topological polar surface area (TPSA) is 78.3 Å². The quantitative estimate of drug-likeness (QED) is 0.618. The Kier molecular flexibility index (Phi) is 3.52. The van der Waals surface area contributed by atoms with Crippen LogP contribution in [-0.4, -0.2) is 12.6 Å². The Balaban J connectivity index is 1.85. The Labute approximate surface area is 101 Å². The number of carbonyl (C=O) groups excluding carboxylic acids is 1. The number of ether oxygens (including phenoxy) is 1. The molecule has 0 amide bonds. The number of rotatable bonds is 4. The van der Waals surface area contributed by atoms with Gasteiger partial charge in [0.2, 0.25) is 0 Å². The van der Waals surface area contributed by atoms with Gasteiger partial charge in [-0.05, 0) is 30.5 Å². The van der Waals surface area contributed by atoms with Gasteiger partial charge in [-0.1, -0.05) is 19.3 Å². The molecule has 0 radical (unpaired) electrons. The van der Waals surface area contributed by atoms with Gasteiger partial charge in [-0.25, -0.2) is 4.79 Å². The number of esters is 1. The summed E-state index contributed by atoms with van der Waals surface area (Å²) in [4.78, 5) is 11.7. The van der Waals surface area contributed by atoms with Gasteiger partial charge in [0, 0.05) is 11.4 Å². The lowest BCUT2D eigenvalue weighted by molar-refractivity contribution is 0.0464.